The topological polar surface area (TPSA) is 0 Å². The van der Waals surface area contributed by atoms with E-state index < -0.39 is 23.3 Å². The summed E-state index contributed by atoms with van der Waals surface area (Å²) in [5.74, 6) is -2.78. The highest BCUT2D eigenvalue weighted by Gasteiger charge is 2.29. The summed E-state index contributed by atoms with van der Waals surface area (Å²) in [5.41, 5.74) is 8.72. The van der Waals surface area contributed by atoms with Gasteiger partial charge < -0.3 is 0 Å². The summed E-state index contributed by atoms with van der Waals surface area (Å²) in [6.07, 6.45) is 0. The maximum Gasteiger partial charge on any atom is 0.133 e. The SMILES string of the molecule is CC(C)(C)c1ccc(-c2cc(C(C)(C)C)cc3c(-c4ccc(F)cc4F)c4c(-c5ccc(C(C)(C)C)cc5)c5ccc(C(C)(C)C)cc5cc4c(-c4ccc(F)cc4F)c23)cc1. The largest absolute Gasteiger partial charge is 0.207 e. The van der Waals surface area contributed by atoms with Crippen LogP contribution in [0.5, 0.6) is 0 Å². The Hall–Kier alpha value is -5.74. The molecule has 0 bridgehead atoms. The minimum Gasteiger partial charge on any atom is -0.207 e. The van der Waals surface area contributed by atoms with E-state index in [1.54, 1.807) is 0 Å². The van der Waals surface area contributed by atoms with Gasteiger partial charge in [0.1, 0.15) is 23.3 Å². The predicted octanol–water partition coefficient (Wildman–Crippen LogP) is 17.6. The third kappa shape index (κ3) is 7.71. The maximum absolute atomic E-state index is 16.9. The zero-order valence-electron chi connectivity index (χ0n) is 38.1. The van der Waals surface area contributed by atoms with Gasteiger partial charge in [0.05, 0.1) is 0 Å². The quantitative estimate of drug-likeness (QED) is 0.122. The molecule has 0 saturated carbocycles. The zero-order valence-corrected chi connectivity index (χ0v) is 38.1. The van der Waals surface area contributed by atoms with Crippen molar-refractivity contribution in [1.82, 2.24) is 0 Å². The number of benzene rings is 8. The smallest absolute Gasteiger partial charge is 0.133 e. The van der Waals surface area contributed by atoms with Gasteiger partial charge in [-0.15, -0.1) is 0 Å². The van der Waals surface area contributed by atoms with Crippen LogP contribution in [0.2, 0.25) is 0 Å². The van der Waals surface area contributed by atoms with Gasteiger partial charge in [0.2, 0.25) is 0 Å². The van der Waals surface area contributed by atoms with Crippen LogP contribution in [0.25, 0.3) is 76.8 Å². The Labute approximate surface area is 364 Å². The Balaban J connectivity index is 1.73. The zero-order chi connectivity index (χ0) is 44.8. The van der Waals surface area contributed by atoms with Crippen LogP contribution in [0.4, 0.5) is 17.6 Å². The summed E-state index contributed by atoms with van der Waals surface area (Å²) < 4.78 is 63.8. The Morgan fingerprint density at radius 2 is 0.742 bits per heavy atom. The fraction of sp³-hybridized carbons (Fsp3) is 0.276. The molecule has 0 heterocycles. The number of hydrogen-bond donors (Lipinski definition) is 0. The van der Waals surface area contributed by atoms with Gasteiger partial charge in [-0.05, 0) is 141 Å². The lowest BCUT2D eigenvalue weighted by Gasteiger charge is -2.28. The van der Waals surface area contributed by atoms with Crippen molar-refractivity contribution >= 4 is 32.3 Å². The van der Waals surface area contributed by atoms with Gasteiger partial charge in [-0.1, -0.05) is 150 Å². The molecule has 0 amide bonds. The number of halogens is 4. The van der Waals surface area contributed by atoms with E-state index in [-0.39, 0.29) is 32.8 Å². The molecule has 4 heteroatoms. The van der Waals surface area contributed by atoms with Crippen molar-refractivity contribution in [1.29, 1.82) is 0 Å². The Kier molecular flexibility index (Phi) is 10.4. The van der Waals surface area contributed by atoms with Crippen LogP contribution in [0.15, 0.2) is 121 Å². The van der Waals surface area contributed by atoms with Crippen LogP contribution in [0.3, 0.4) is 0 Å². The summed E-state index contributed by atoms with van der Waals surface area (Å²) in [7, 11) is 0. The summed E-state index contributed by atoms with van der Waals surface area (Å²) in [6, 6.07) is 37.4. The molecule has 62 heavy (non-hydrogen) atoms. The summed E-state index contributed by atoms with van der Waals surface area (Å²) in [6.45, 7) is 26.0. The van der Waals surface area contributed by atoms with Gasteiger partial charge in [-0.25, -0.2) is 17.6 Å². The van der Waals surface area contributed by atoms with Gasteiger partial charge in [0, 0.05) is 34.4 Å². The number of rotatable bonds is 4. The fourth-order valence-electron chi connectivity index (χ4n) is 8.90. The van der Waals surface area contributed by atoms with Crippen LogP contribution in [0, 0.1) is 23.3 Å². The van der Waals surface area contributed by atoms with E-state index in [1.807, 2.05) is 0 Å². The second-order valence-electron chi connectivity index (χ2n) is 21.2. The first-order chi connectivity index (χ1) is 28.9. The molecule has 0 fully saturated rings. The standard InChI is InChI=1S/C58H56F4/c1-55(2,3)36-17-13-33(14-18-36)45-29-39(58(10,11)12)30-47-52(44-26-23-41(60)32-49(44)62)54-46(51(53(45)47)43-25-22-40(59)31-48(43)61)28-35-27-38(57(7,8)9)21-24-42(35)50(54)34-15-19-37(20-16-34)56(4,5)6/h13-32H,1-12H3. The number of hydrogen-bond acceptors (Lipinski definition) is 0. The lowest BCUT2D eigenvalue weighted by Crippen LogP contribution is -2.12. The molecule has 8 aromatic rings. The molecule has 316 valence electrons. The van der Waals surface area contributed by atoms with Gasteiger partial charge >= 0.3 is 0 Å². The first kappa shape index (κ1) is 42.9. The molecule has 0 unspecified atom stereocenters. The molecule has 8 rings (SSSR count). The summed E-state index contributed by atoms with van der Waals surface area (Å²) in [4.78, 5) is 0. The van der Waals surface area contributed by atoms with E-state index in [1.165, 1.54) is 24.3 Å². The molecular formula is C58H56F4. The highest BCUT2D eigenvalue weighted by molar-refractivity contribution is 6.31. The van der Waals surface area contributed by atoms with E-state index in [0.29, 0.717) is 32.7 Å². The van der Waals surface area contributed by atoms with Crippen molar-refractivity contribution in [2.24, 2.45) is 0 Å². The average Bonchev–Trinajstić information content (AvgIpc) is 3.18. The van der Waals surface area contributed by atoms with Crippen LogP contribution in [-0.2, 0) is 21.7 Å². The summed E-state index contributed by atoms with van der Waals surface area (Å²) in [5, 5.41) is 4.61. The van der Waals surface area contributed by atoms with Crippen molar-refractivity contribution in [3.05, 3.63) is 167 Å². The Morgan fingerprint density at radius 3 is 1.21 bits per heavy atom. The molecule has 8 aromatic carbocycles. The van der Waals surface area contributed by atoms with Crippen molar-refractivity contribution in [3.63, 3.8) is 0 Å². The molecule has 0 spiro atoms. The van der Waals surface area contributed by atoms with E-state index in [9.17, 15) is 8.78 Å². The minimum atomic E-state index is -0.707. The van der Waals surface area contributed by atoms with Gasteiger partial charge in [-0.2, -0.15) is 0 Å². The molecule has 0 radical (unpaired) electrons. The molecule has 0 aliphatic carbocycles. The second kappa shape index (κ2) is 15.0. The highest BCUT2D eigenvalue weighted by atomic mass is 19.1. The first-order valence-electron chi connectivity index (χ1n) is 21.6. The first-order valence-corrected chi connectivity index (χ1v) is 21.6. The molecule has 0 nitrogen and oxygen atoms in total. The third-order valence-corrected chi connectivity index (χ3v) is 12.6. The lowest BCUT2D eigenvalue weighted by molar-refractivity contribution is 0.585. The second-order valence-corrected chi connectivity index (χ2v) is 21.2. The third-order valence-electron chi connectivity index (χ3n) is 12.6. The van der Waals surface area contributed by atoms with Crippen molar-refractivity contribution < 1.29 is 17.6 Å². The van der Waals surface area contributed by atoms with Crippen molar-refractivity contribution in [2.45, 2.75) is 105 Å². The minimum absolute atomic E-state index is 0.103. The van der Waals surface area contributed by atoms with Gasteiger partial charge in [-0.3, -0.25) is 0 Å². The molecule has 0 aliphatic heterocycles. The molecular weight excluding hydrogens is 773 g/mol. The molecule has 0 atom stereocenters. The highest BCUT2D eigenvalue weighted by Crippen LogP contribution is 2.53. The Morgan fingerprint density at radius 1 is 0.306 bits per heavy atom. The lowest BCUT2D eigenvalue weighted by atomic mass is 9.75. The van der Waals surface area contributed by atoms with Crippen LogP contribution >= 0.6 is 0 Å². The van der Waals surface area contributed by atoms with Crippen molar-refractivity contribution in [2.75, 3.05) is 0 Å². The van der Waals surface area contributed by atoms with E-state index in [2.05, 4.69) is 168 Å². The number of fused-ring (bicyclic) bond motifs is 3. The van der Waals surface area contributed by atoms with E-state index in [4.69, 9.17) is 0 Å². The van der Waals surface area contributed by atoms with Crippen molar-refractivity contribution in [3.8, 4) is 44.5 Å². The molecule has 0 N–H and O–H groups in total. The van der Waals surface area contributed by atoms with E-state index in [0.717, 1.165) is 67.4 Å². The normalized spacial score (nSPS) is 12.8. The van der Waals surface area contributed by atoms with Crippen LogP contribution < -0.4 is 0 Å². The fourth-order valence-corrected chi connectivity index (χ4v) is 8.90. The van der Waals surface area contributed by atoms with Crippen LogP contribution in [-0.4, -0.2) is 0 Å². The molecule has 0 aliphatic rings. The molecule has 0 aromatic heterocycles. The average molecular weight is 829 g/mol. The predicted molar refractivity (Wildman–Crippen MR) is 255 cm³/mol. The Bertz CT molecular complexity index is 3050. The van der Waals surface area contributed by atoms with Crippen LogP contribution in [0.1, 0.15) is 105 Å². The monoisotopic (exact) mass is 828 g/mol. The summed E-state index contributed by atoms with van der Waals surface area (Å²) >= 11 is 0. The van der Waals surface area contributed by atoms with Gasteiger partial charge in [0.25, 0.3) is 0 Å². The van der Waals surface area contributed by atoms with E-state index >= 15 is 8.78 Å². The maximum atomic E-state index is 16.9. The van der Waals surface area contributed by atoms with Gasteiger partial charge in [0.15, 0.2) is 0 Å². The molecule has 0 saturated heterocycles.